The highest BCUT2D eigenvalue weighted by atomic mass is 35.5. The molecule has 2 aliphatic heterocycles. The van der Waals surface area contributed by atoms with E-state index in [0.29, 0.717) is 0 Å². The van der Waals surface area contributed by atoms with Crippen LogP contribution in [0.4, 0.5) is 0 Å². The van der Waals surface area contributed by atoms with E-state index in [0.717, 1.165) is 37.9 Å². The fourth-order valence-corrected chi connectivity index (χ4v) is 3.11. The van der Waals surface area contributed by atoms with Gasteiger partial charge in [0, 0.05) is 12.1 Å². The van der Waals surface area contributed by atoms with Crippen molar-refractivity contribution in [2.24, 2.45) is 11.8 Å². The third kappa shape index (κ3) is 4.09. The first-order valence-electron chi connectivity index (χ1n) is 7.69. The van der Waals surface area contributed by atoms with E-state index in [4.69, 9.17) is 0 Å². The third-order valence-corrected chi connectivity index (χ3v) is 5.01. The van der Waals surface area contributed by atoms with Crippen LogP contribution in [0.5, 0.6) is 0 Å². The Hall–Kier alpha value is -0.320. The van der Waals surface area contributed by atoms with E-state index >= 15 is 0 Å². The molecular weight excluding hydrogens is 274 g/mol. The van der Waals surface area contributed by atoms with E-state index in [1.165, 1.54) is 13.0 Å². The van der Waals surface area contributed by atoms with Gasteiger partial charge in [-0.2, -0.15) is 0 Å². The topological polar surface area (TPSA) is 44.4 Å². The van der Waals surface area contributed by atoms with Crippen molar-refractivity contribution in [1.82, 2.24) is 15.5 Å². The van der Waals surface area contributed by atoms with Gasteiger partial charge in [-0.25, -0.2) is 0 Å². The highest BCUT2D eigenvalue weighted by molar-refractivity contribution is 5.85. The number of halogens is 1. The molecule has 118 valence electrons. The first-order chi connectivity index (χ1) is 8.93. The minimum absolute atomic E-state index is 0. The Morgan fingerprint density at radius 2 is 2.05 bits per heavy atom. The third-order valence-electron chi connectivity index (χ3n) is 5.01. The zero-order valence-electron chi connectivity index (χ0n) is 13.2. The van der Waals surface area contributed by atoms with Crippen LogP contribution in [0.1, 0.15) is 40.5 Å². The number of nitrogens with zero attached hydrogens (tertiary/aromatic N) is 1. The Balaban J connectivity index is 0.00000200. The lowest BCUT2D eigenvalue weighted by Crippen LogP contribution is -2.54. The number of piperidine rings is 1. The Morgan fingerprint density at radius 1 is 1.40 bits per heavy atom. The van der Waals surface area contributed by atoms with Crippen LogP contribution in [0.2, 0.25) is 0 Å². The van der Waals surface area contributed by atoms with Gasteiger partial charge in [0.2, 0.25) is 5.91 Å². The molecule has 2 heterocycles. The summed E-state index contributed by atoms with van der Waals surface area (Å²) in [5.74, 6) is 1.75. The summed E-state index contributed by atoms with van der Waals surface area (Å²) in [4.78, 5) is 14.7. The summed E-state index contributed by atoms with van der Waals surface area (Å²) in [5, 5.41) is 6.64. The van der Waals surface area contributed by atoms with Crippen molar-refractivity contribution < 1.29 is 4.79 Å². The maximum atomic E-state index is 12.3. The van der Waals surface area contributed by atoms with Crippen molar-refractivity contribution >= 4 is 18.3 Å². The molecule has 0 aromatic carbocycles. The number of amides is 1. The molecule has 0 aromatic rings. The average Bonchev–Trinajstić information content (AvgIpc) is 2.84. The Bertz CT molecular complexity index is 335. The van der Waals surface area contributed by atoms with Crippen molar-refractivity contribution in [1.29, 1.82) is 0 Å². The van der Waals surface area contributed by atoms with Crippen LogP contribution in [0.3, 0.4) is 0 Å². The highest BCUT2D eigenvalue weighted by Gasteiger charge is 2.36. The predicted molar refractivity (Wildman–Crippen MR) is 85.3 cm³/mol. The number of hydrogen-bond acceptors (Lipinski definition) is 3. The first-order valence-corrected chi connectivity index (χ1v) is 7.69. The minimum Gasteiger partial charge on any atom is -0.350 e. The molecule has 4 nitrogen and oxygen atoms in total. The summed E-state index contributed by atoms with van der Waals surface area (Å²) in [6.45, 7) is 12.8. The average molecular weight is 304 g/mol. The second-order valence-electron chi connectivity index (χ2n) is 6.86. The molecule has 0 bridgehead atoms. The van der Waals surface area contributed by atoms with Crippen molar-refractivity contribution in [2.45, 2.75) is 52.1 Å². The van der Waals surface area contributed by atoms with Gasteiger partial charge in [-0.05, 0) is 65.1 Å². The normalized spacial score (nSPS) is 28.4. The molecule has 3 unspecified atom stereocenters. The number of carbonyl (C=O) groups excluding carboxylic acids is 1. The minimum atomic E-state index is -0.0986. The zero-order chi connectivity index (χ0) is 14.0. The van der Waals surface area contributed by atoms with Gasteiger partial charge in [-0.3, -0.25) is 9.69 Å². The second kappa shape index (κ2) is 7.10. The molecule has 0 radical (unpaired) electrons. The van der Waals surface area contributed by atoms with Crippen molar-refractivity contribution in [3.8, 4) is 0 Å². The lowest BCUT2D eigenvalue weighted by Gasteiger charge is -2.38. The maximum Gasteiger partial charge on any atom is 0.237 e. The standard InChI is InChI=1S/C15H29N3O.ClH/c1-5-15(3,4)17-14(19)11(2)18-7-6-12-8-16-9-13(12)10-18;/h11-13,16H,5-10H2,1-4H3,(H,17,19);1H. The summed E-state index contributed by atoms with van der Waals surface area (Å²) in [6, 6.07) is -0.00706. The molecule has 0 spiro atoms. The summed E-state index contributed by atoms with van der Waals surface area (Å²) in [7, 11) is 0. The number of rotatable bonds is 4. The van der Waals surface area contributed by atoms with Gasteiger partial charge in [-0.15, -0.1) is 12.4 Å². The summed E-state index contributed by atoms with van der Waals surface area (Å²) >= 11 is 0. The number of hydrogen-bond donors (Lipinski definition) is 2. The number of carbonyl (C=O) groups is 1. The number of nitrogens with one attached hydrogen (secondary N) is 2. The monoisotopic (exact) mass is 303 g/mol. The van der Waals surface area contributed by atoms with Gasteiger partial charge in [0.1, 0.15) is 0 Å². The van der Waals surface area contributed by atoms with E-state index in [1.54, 1.807) is 0 Å². The Morgan fingerprint density at radius 3 is 2.70 bits per heavy atom. The molecule has 1 amide bonds. The quantitative estimate of drug-likeness (QED) is 0.830. The Kier molecular flexibility index (Phi) is 6.29. The summed E-state index contributed by atoms with van der Waals surface area (Å²) in [5.41, 5.74) is -0.0986. The predicted octanol–water partition coefficient (Wildman–Crippen LogP) is 1.64. The molecule has 2 rings (SSSR count). The van der Waals surface area contributed by atoms with Crippen molar-refractivity contribution in [3.63, 3.8) is 0 Å². The lowest BCUT2D eigenvalue weighted by molar-refractivity contribution is -0.128. The molecule has 0 saturated carbocycles. The van der Waals surface area contributed by atoms with Crippen LogP contribution in [0.15, 0.2) is 0 Å². The van der Waals surface area contributed by atoms with E-state index in [-0.39, 0.29) is 29.9 Å². The van der Waals surface area contributed by atoms with Crippen LogP contribution in [0.25, 0.3) is 0 Å². The van der Waals surface area contributed by atoms with Crippen LogP contribution < -0.4 is 10.6 Å². The molecule has 20 heavy (non-hydrogen) atoms. The van der Waals surface area contributed by atoms with Gasteiger partial charge < -0.3 is 10.6 Å². The van der Waals surface area contributed by atoms with Gasteiger partial charge in [0.25, 0.3) is 0 Å². The molecule has 5 heteroatoms. The molecule has 0 aliphatic carbocycles. The largest absolute Gasteiger partial charge is 0.350 e. The number of fused-ring (bicyclic) bond motifs is 1. The molecule has 2 saturated heterocycles. The molecule has 2 N–H and O–H groups in total. The van der Waals surface area contributed by atoms with Crippen LogP contribution >= 0.6 is 12.4 Å². The van der Waals surface area contributed by atoms with Crippen LogP contribution in [0, 0.1) is 11.8 Å². The summed E-state index contributed by atoms with van der Waals surface area (Å²) in [6.07, 6.45) is 2.19. The fraction of sp³-hybridized carbons (Fsp3) is 0.933. The maximum absolute atomic E-state index is 12.3. The molecular formula is C15H30ClN3O. The fourth-order valence-electron chi connectivity index (χ4n) is 3.11. The lowest BCUT2D eigenvalue weighted by atomic mass is 9.88. The Labute approximate surface area is 129 Å². The molecule has 2 aliphatic rings. The zero-order valence-corrected chi connectivity index (χ0v) is 14.1. The van der Waals surface area contributed by atoms with E-state index < -0.39 is 0 Å². The SMILES string of the molecule is CCC(C)(C)NC(=O)C(C)N1CCC2CNCC2C1.Cl. The van der Waals surface area contributed by atoms with Crippen LogP contribution in [-0.2, 0) is 4.79 Å². The second-order valence-corrected chi connectivity index (χ2v) is 6.86. The van der Waals surface area contributed by atoms with Crippen molar-refractivity contribution in [3.05, 3.63) is 0 Å². The van der Waals surface area contributed by atoms with Gasteiger partial charge in [-0.1, -0.05) is 6.92 Å². The smallest absolute Gasteiger partial charge is 0.237 e. The van der Waals surface area contributed by atoms with E-state index in [2.05, 4.69) is 36.3 Å². The van der Waals surface area contributed by atoms with E-state index in [1.807, 2.05) is 6.92 Å². The van der Waals surface area contributed by atoms with Crippen molar-refractivity contribution in [2.75, 3.05) is 26.2 Å². The van der Waals surface area contributed by atoms with Gasteiger partial charge in [0.15, 0.2) is 0 Å². The molecule has 0 aromatic heterocycles. The molecule has 2 fully saturated rings. The van der Waals surface area contributed by atoms with E-state index in [9.17, 15) is 4.79 Å². The summed E-state index contributed by atoms with van der Waals surface area (Å²) < 4.78 is 0. The van der Waals surface area contributed by atoms with Crippen LogP contribution in [-0.4, -0.2) is 48.6 Å². The van der Waals surface area contributed by atoms with Gasteiger partial charge in [0.05, 0.1) is 6.04 Å². The number of likely N-dealkylation sites (tertiary alicyclic amines) is 1. The molecule has 3 atom stereocenters. The highest BCUT2D eigenvalue weighted by Crippen LogP contribution is 2.27. The van der Waals surface area contributed by atoms with Gasteiger partial charge >= 0.3 is 0 Å². The first kappa shape index (κ1) is 17.7.